The zero-order valence-electron chi connectivity index (χ0n) is 16.1. The van der Waals surface area contributed by atoms with Gasteiger partial charge in [-0.25, -0.2) is 8.42 Å². The van der Waals surface area contributed by atoms with Gasteiger partial charge in [0.2, 0.25) is 10.0 Å². The van der Waals surface area contributed by atoms with Crippen molar-refractivity contribution in [2.75, 3.05) is 40.4 Å². The van der Waals surface area contributed by atoms with Crippen LogP contribution < -0.4 is 14.4 Å². The van der Waals surface area contributed by atoms with Crippen LogP contribution in [0.1, 0.15) is 11.1 Å². The Hall–Kier alpha value is -2.09. The average Bonchev–Trinajstić information content (AvgIpc) is 2.70. The van der Waals surface area contributed by atoms with E-state index < -0.39 is 10.0 Å². The fourth-order valence-electron chi connectivity index (χ4n) is 3.44. The number of hydrogen-bond acceptors (Lipinski definition) is 4. The van der Waals surface area contributed by atoms with E-state index in [9.17, 15) is 8.42 Å². The van der Waals surface area contributed by atoms with Crippen molar-refractivity contribution < 1.29 is 22.8 Å². The first kappa shape index (κ1) is 19.7. The molecule has 2 aromatic rings. The smallest absolute Gasteiger partial charge is 0.243 e. The quantitative estimate of drug-likeness (QED) is 0.801. The first-order valence-electron chi connectivity index (χ1n) is 9.06. The first-order valence-corrected chi connectivity index (χ1v) is 10.5. The SMILES string of the molecule is COc1cc(C)c(C[NH+]2CCN(S(=O)(=O)c3ccccc3)CC2)cc1OC. The lowest BCUT2D eigenvalue weighted by Crippen LogP contribution is -3.13. The number of sulfonamides is 1. The summed E-state index contributed by atoms with van der Waals surface area (Å²) in [6.45, 7) is 5.51. The molecule has 0 amide bonds. The molecular weight excluding hydrogens is 364 g/mol. The molecular formula is C20H27N2O4S+. The van der Waals surface area contributed by atoms with Gasteiger partial charge in [-0.1, -0.05) is 18.2 Å². The van der Waals surface area contributed by atoms with Crippen molar-refractivity contribution in [3.8, 4) is 11.5 Å². The highest BCUT2D eigenvalue weighted by molar-refractivity contribution is 7.89. The van der Waals surface area contributed by atoms with Crippen molar-refractivity contribution in [1.29, 1.82) is 0 Å². The summed E-state index contributed by atoms with van der Waals surface area (Å²) in [5.41, 5.74) is 2.35. The lowest BCUT2D eigenvalue weighted by atomic mass is 10.1. The van der Waals surface area contributed by atoms with Crippen molar-refractivity contribution in [2.24, 2.45) is 0 Å². The van der Waals surface area contributed by atoms with Gasteiger partial charge >= 0.3 is 0 Å². The molecule has 0 atom stereocenters. The molecule has 1 heterocycles. The number of rotatable bonds is 6. The maximum atomic E-state index is 12.7. The summed E-state index contributed by atoms with van der Waals surface area (Å²) in [6, 6.07) is 12.7. The van der Waals surface area contributed by atoms with Crippen LogP contribution >= 0.6 is 0 Å². The summed E-state index contributed by atoms with van der Waals surface area (Å²) in [5, 5.41) is 0. The molecule has 1 N–H and O–H groups in total. The van der Waals surface area contributed by atoms with Crippen molar-refractivity contribution in [3.63, 3.8) is 0 Å². The zero-order valence-corrected chi connectivity index (χ0v) is 16.9. The number of benzene rings is 2. The first-order chi connectivity index (χ1) is 13.0. The molecule has 146 valence electrons. The molecule has 1 aliphatic rings. The van der Waals surface area contributed by atoms with Crippen molar-refractivity contribution in [1.82, 2.24) is 4.31 Å². The molecule has 7 heteroatoms. The van der Waals surface area contributed by atoms with Gasteiger partial charge in [0.05, 0.1) is 45.3 Å². The van der Waals surface area contributed by atoms with Crippen LogP contribution in [0.3, 0.4) is 0 Å². The van der Waals surface area contributed by atoms with E-state index in [2.05, 4.69) is 6.92 Å². The van der Waals surface area contributed by atoms with Gasteiger partial charge in [0.15, 0.2) is 11.5 Å². The standard InChI is InChI=1S/C20H26N2O4S/c1-16-13-19(25-2)20(26-3)14-17(16)15-21-9-11-22(12-10-21)27(23,24)18-7-5-4-6-8-18/h4-8,13-14H,9-12,15H2,1-3H3/p+1. The molecule has 0 spiro atoms. The van der Waals surface area contributed by atoms with Gasteiger partial charge in [-0.2, -0.15) is 4.31 Å². The summed E-state index contributed by atoms with van der Waals surface area (Å²) >= 11 is 0. The molecule has 1 saturated heterocycles. The van der Waals surface area contributed by atoms with Gasteiger partial charge in [-0.15, -0.1) is 0 Å². The Labute approximate surface area is 161 Å². The monoisotopic (exact) mass is 391 g/mol. The fraction of sp³-hybridized carbons (Fsp3) is 0.400. The number of nitrogens with one attached hydrogen (secondary N) is 1. The Morgan fingerprint density at radius 3 is 2.19 bits per heavy atom. The molecule has 0 radical (unpaired) electrons. The van der Waals surface area contributed by atoms with Gasteiger partial charge in [-0.05, 0) is 36.8 Å². The number of quaternary nitrogens is 1. The van der Waals surface area contributed by atoms with Gasteiger partial charge < -0.3 is 14.4 Å². The number of ether oxygens (including phenoxy) is 2. The van der Waals surface area contributed by atoms with Gasteiger partial charge in [-0.3, -0.25) is 0 Å². The van der Waals surface area contributed by atoms with Crippen LogP contribution in [0.25, 0.3) is 0 Å². The lowest BCUT2D eigenvalue weighted by molar-refractivity contribution is -0.917. The minimum atomic E-state index is -3.40. The van der Waals surface area contributed by atoms with Gasteiger partial charge in [0, 0.05) is 5.56 Å². The summed E-state index contributed by atoms with van der Waals surface area (Å²) < 4.78 is 37.8. The summed E-state index contributed by atoms with van der Waals surface area (Å²) in [6.07, 6.45) is 0. The number of nitrogens with zero attached hydrogens (tertiary/aromatic N) is 1. The van der Waals surface area contributed by atoms with Crippen LogP contribution in [-0.4, -0.2) is 53.1 Å². The molecule has 0 bridgehead atoms. The maximum Gasteiger partial charge on any atom is 0.243 e. The van der Waals surface area contributed by atoms with E-state index >= 15 is 0 Å². The van der Waals surface area contributed by atoms with Crippen molar-refractivity contribution >= 4 is 10.0 Å². The van der Waals surface area contributed by atoms with Crippen LogP contribution in [0, 0.1) is 6.92 Å². The van der Waals surface area contributed by atoms with Gasteiger partial charge in [0.1, 0.15) is 6.54 Å². The molecule has 1 aliphatic heterocycles. The second kappa shape index (κ2) is 8.29. The summed E-state index contributed by atoms with van der Waals surface area (Å²) in [4.78, 5) is 1.73. The van der Waals surface area contributed by atoms with E-state index in [1.807, 2.05) is 18.2 Å². The van der Waals surface area contributed by atoms with Crippen LogP contribution in [0.5, 0.6) is 11.5 Å². The number of methoxy groups -OCH3 is 2. The summed E-state index contributed by atoms with van der Waals surface area (Å²) in [7, 11) is -0.133. The number of piperazine rings is 1. The van der Waals surface area contributed by atoms with Crippen LogP contribution in [0.2, 0.25) is 0 Å². The third-order valence-electron chi connectivity index (χ3n) is 5.09. The number of aryl methyl sites for hydroxylation is 1. The second-order valence-corrected chi connectivity index (χ2v) is 8.72. The Morgan fingerprint density at radius 2 is 1.59 bits per heavy atom. The predicted octanol–water partition coefficient (Wildman–Crippen LogP) is 1.10. The Morgan fingerprint density at radius 1 is 1.00 bits per heavy atom. The largest absolute Gasteiger partial charge is 0.493 e. The topological polar surface area (TPSA) is 60.3 Å². The lowest BCUT2D eigenvalue weighted by Gasteiger charge is -2.32. The molecule has 2 aromatic carbocycles. The molecule has 0 aliphatic carbocycles. The zero-order chi connectivity index (χ0) is 19.4. The molecule has 0 aromatic heterocycles. The molecule has 1 fully saturated rings. The molecule has 3 rings (SSSR count). The van der Waals surface area contributed by atoms with Crippen LogP contribution in [-0.2, 0) is 16.6 Å². The summed E-state index contributed by atoms with van der Waals surface area (Å²) in [5.74, 6) is 1.45. The van der Waals surface area contributed by atoms with E-state index in [1.54, 1.807) is 42.8 Å². The van der Waals surface area contributed by atoms with Gasteiger partial charge in [0.25, 0.3) is 0 Å². The predicted molar refractivity (Wildman–Crippen MR) is 104 cm³/mol. The minimum Gasteiger partial charge on any atom is -0.493 e. The maximum absolute atomic E-state index is 12.7. The van der Waals surface area contributed by atoms with Crippen molar-refractivity contribution in [2.45, 2.75) is 18.4 Å². The third kappa shape index (κ3) is 4.26. The molecule has 27 heavy (non-hydrogen) atoms. The van der Waals surface area contributed by atoms with E-state index in [1.165, 1.54) is 10.5 Å². The Bertz CT molecular complexity index is 876. The van der Waals surface area contributed by atoms with E-state index in [0.29, 0.717) is 18.0 Å². The van der Waals surface area contributed by atoms with E-state index in [0.717, 1.165) is 36.7 Å². The van der Waals surface area contributed by atoms with Crippen LogP contribution in [0.4, 0.5) is 0 Å². The highest BCUT2D eigenvalue weighted by Gasteiger charge is 2.30. The third-order valence-corrected chi connectivity index (χ3v) is 7.01. The normalized spacial score (nSPS) is 16.3. The Balaban J connectivity index is 1.67. The second-order valence-electron chi connectivity index (χ2n) is 6.78. The Kier molecular flexibility index (Phi) is 6.04. The van der Waals surface area contributed by atoms with E-state index in [4.69, 9.17) is 9.47 Å². The minimum absolute atomic E-state index is 0.365. The molecule has 6 nitrogen and oxygen atoms in total. The molecule has 0 unspecified atom stereocenters. The van der Waals surface area contributed by atoms with E-state index in [-0.39, 0.29) is 0 Å². The fourth-order valence-corrected chi connectivity index (χ4v) is 4.91. The van der Waals surface area contributed by atoms with Crippen LogP contribution in [0.15, 0.2) is 47.4 Å². The molecule has 0 saturated carbocycles. The highest BCUT2D eigenvalue weighted by Crippen LogP contribution is 2.30. The van der Waals surface area contributed by atoms with Crippen molar-refractivity contribution in [3.05, 3.63) is 53.6 Å². The highest BCUT2D eigenvalue weighted by atomic mass is 32.2. The average molecular weight is 392 g/mol. The number of hydrogen-bond donors (Lipinski definition) is 1.